The van der Waals surface area contributed by atoms with E-state index in [1.807, 2.05) is 13.8 Å². The number of hydrogen-bond acceptors (Lipinski definition) is 5. The van der Waals surface area contributed by atoms with E-state index in [2.05, 4.69) is 31.6 Å². The predicted octanol–water partition coefficient (Wildman–Crippen LogP) is 3.55. The Labute approximate surface area is 205 Å². The lowest BCUT2D eigenvalue weighted by molar-refractivity contribution is -0.123. The molecule has 1 aromatic rings. The van der Waals surface area contributed by atoms with Crippen molar-refractivity contribution in [1.82, 2.24) is 10.6 Å². The minimum Gasteiger partial charge on any atom is -0.493 e. The average molecular weight is 525 g/mol. The minimum atomic E-state index is -0.611. The standard InChI is InChI=1S/C24H37BrN4O4/c1-15(2)14-27-23(31)19(10-16-8-6-5-7-9-16)28-24(26)29-22(30)12-17-11-20(32-3)21(33-4)13-18(17)25/h11,13,15-16,19H,5-10,12,14H2,1-4H3,(H,27,31)(H3,26,28,29,30). The minimum absolute atomic E-state index is 0.0443. The molecule has 1 atom stereocenters. The summed E-state index contributed by atoms with van der Waals surface area (Å²) in [5.74, 6) is 1.36. The van der Waals surface area contributed by atoms with Crippen molar-refractivity contribution in [3.8, 4) is 11.5 Å². The summed E-state index contributed by atoms with van der Waals surface area (Å²) >= 11 is 3.46. The summed E-state index contributed by atoms with van der Waals surface area (Å²) in [6, 6.07) is 2.87. The molecule has 1 saturated carbocycles. The van der Waals surface area contributed by atoms with E-state index in [4.69, 9.17) is 15.2 Å². The van der Waals surface area contributed by atoms with Gasteiger partial charge >= 0.3 is 0 Å². The maximum absolute atomic E-state index is 12.8. The first-order valence-electron chi connectivity index (χ1n) is 11.5. The molecule has 1 aliphatic carbocycles. The van der Waals surface area contributed by atoms with Crippen molar-refractivity contribution >= 4 is 33.7 Å². The van der Waals surface area contributed by atoms with E-state index in [-0.39, 0.29) is 24.2 Å². The quantitative estimate of drug-likeness (QED) is 0.319. The van der Waals surface area contributed by atoms with E-state index in [9.17, 15) is 9.59 Å². The fourth-order valence-corrected chi connectivity index (χ4v) is 4.43. The van der Waals surface area contributed by atoms with Gasteiger partial charge in [-0.05, 0) is 36.0 Å². The van der Waals surface area contributed by atoms with Crippen LogP contribution in [0.5, 0.6) is 11.5 Å². The van der Waals surface area contributed by atoms with Crippen LogP contribution < -0.4 is 25.8 Å². The van der Waals surface area contributed by atoms with Crippen molar-refractivity contribution in [2.24, 2.45) is 22.6 Å². The van der Waals surface area contributed by atoms with Crippen LogP contribution in [0.4, 0.5) is 0 Å². The van der Waals surface area contributed by atoms with E-state index in [1.54, 1.807) is 19.2 Å². The zero-order valence-electron chi connectivity index (χ0n) is 20.1. The normalized spacial score (nSPS) is 15.8. The Kier molecular flexibility index (Phi) is 11.0. The molecule has 9 heteroatoms. The number of aliphatic imine (C=N–C) groups is 1. The fraction of sp³-hybridized carbons (Fsp3) is 0.625. The number of carbonyl (C=O) groups is 2. The Morgan fingerprint density at radius 2 is 1.79 bits per heavy atom. The van der Waals surface area contributed by atoms with Crippen LogP contribution in [0.15, 0.2) is 21.6 Å². The van der Waals surface area contributed by atoms with Crippen molar-refractivity contribution < 1.29 is 19.1 Å². The average Bonchev–Trinajstić information content (AvgIpc) is 2.78. The predicted molar refractivity (Wildman–Crippen MR) is 134 cm³/mol. The molecule has 0 spiro atoms. The third-order valence-corrected chi connectivity index (χ3v) is 6.47. The van der Waals surface area contributed by atoms with Gasteiger partial charge in [-0.3, -0.25) is 14.9 Å². The number of hydrogen-bond donors (Lipinski definition) is 3. The largest absolute Gasteiger partial charge is 0.493 e. The van der Waals surface area contributed by atoms with Gasteiger partial charge in [0.15, 0.2) is 17.5 Å². The third-order valence-electron chi connectivity index (χ3n) is 5.73. The monoisotopic (exact) mass is 524 g/mol. The molecule has 2 rings (SSSR count). The van der Waals surface area contributed by atoms with Gasteiger partial charge in [-0.25, -0.2) is 4.99 Å². The lowest BCUT2D eigenvalue weighted by Crippen LogP contribution is -2.42. The Morgan fingerprint density at radius 1 is 1.15 bits per heavy atom. The number of rotatable bonds is 10. The Morgan fingerprint density at radius 3 is 2.39 bits per heavy atom. The van der Waals surface area contributed by atoms with Gasteiger partial charge in [0, 0.05) is 11.0 Å². The van der Waals surface area contributed by atoms with Crippen molar-refractivity contribution in [2.75, 3.05) is 20.8 Å². The highest BCUT2D eigenvalue weighted by Gasteiger charge is 2.25. The summed E-state index contributed by atoms with van der Waals surface area (Å²) in [4.78, 5) is 29.8. The van der Waals surface area contributed by atoms with Gasteiger partial charge in [0.05, 0.1) is 20.6 Å². The second kappa shape index (κ2) is 13.4. The van der Waals surface area contributed by atoms with Crippen LogP contribution in [0.2, 0.25) is 0 Å². The number of amides is 2. The summed E-state index contributed by atoms with van der Waals surface area (Å²) in [6.07, 6.45) is 6.51. The van der Waals surface area contributed by atoms with Crippen molar-refractivity contribution in [3.63, 3.8) is 0 Å². The smallest absolute Gasteiger partial charge is 0.244 e. The van der Waals surface area contributed by atoms with Gasteiger partial charge in [-0.1, -0.05) is 61.9 Å². The zero-order valence-corrected chi connectivity index (χ0v) is 21.7. The Balaban J connectivity index is 2.08. The summed E-state index contributed by atoms with van der Waals surface area (Å²) in [7, 11) is 3.09. The maximum atomic E-state index is 12.8. The number of nitrogens with zero attached hydrogens (tertiary/aromatic N) is 1. The Bertz CT molecular complexity index is 838. The number of guanidine groups is 1. The number of halogens is 1. The highest BCUT2D eigenvalue weighted by atomic mass is 79.9. The van der Waals surface area contributed by atoms with Crippen LogP contribution in [0.3, 0.4) is 0 Å². The molecule has 1 unspecified atom stereocenters. The van der Waals surface area contributed by atoms with E-state index >= 15 is 0 Å². The van der Waals surface area contributed by atoms with Crippen molar-refractivity contribution in [1.29, 1.82) is 0 Å². The molecular formula is C24H37BrN4O4. The van der Waals surface area contributed by atoms with Crippen LogP contribution in [0.1, 0.15) is 57.9 Å². The highest BCUT2D eigenvalue weighted by Crippen LogP contribution is 2.33. The maximum Gasteiger partial charge on any atom is 0.244 e. The molecule has 4 N–H and O–H groups in total. The highest BCUT2D eigenvalue weighted by molar-refractivity contribution is 9.10. The third kappa shape index (κ3) is 8.87. The molecule has 184 valence electrons. The molecule has 0 radical (unpaired) electrons. The number of carbonyl (C=O) groups excluding carboxylic acids is 2. The SMILES string of the molecule is COc1cc(Br)c(CC(=O)NC(N)=NC(CC2CCCCC2)C(=O)NCC(C)C)cc1OC. The molecular weight excluding hydrogens is 488 g/mol. The first kappa shape index (κ1) is 27.0. The second-order valence-electron chi connectivity index (χ2n) is 8.93. The van der Waals surface area contributed by atoms with Gasteiger partial charge in [-0.15, -0.1) is 0 Å². The van der Waals surface area contributed by atoms with E-state index in [0.717, 1.165) is 12.8 Å². The van der Waals surface area contributed by atoms with Crippen LogP contribution in [0, 0.1) is 11.8 Å². The number of nitrogens with two attached hydrogens (primary N) is 1. The second-order valence-corrected chi connectivity index (χ2v) is 9.79. The summed E-state index contributed by atoms with van der Waals surface area (Å²) in [5, 5.41) is 5.58. The molecule has 0 heterocycles. The molecule has 1 aliphatic rings. The van der Waals surface area contributed by atoms with E-state index in [0.29, 0.717) is 46.3 Å². The van der Waals surface area contributed by atoms with Crippen molar-refractivity contribution in [2.45, 2.75) is 64.8 Å². The molecule has 0 saturated heterocycles. The van der Waals surface area contributed by atoms with E-state index in [1.165, 1.54) is 26.4 Å². The summed E-state index contributed by atoms with van der Waals surface area (Å²) in [5.41, 5.74) is 6.76. The lowest BCUT2D eigenvalue weighted by atomic mass is 9.84. The summed E-state index contributed by atoms with van der Waals surface area (Å²) < 4.78 is 11.3. The van der Waals surface area contributed by atoms with Gasteiger partial charge < -0.3 is 20.5 Å². The zero-order chi connectivity index (χ0) is 24.4. The molecule has 1 fully saturated rings. The molecule has 0 bridgehead atoms. The number of methoxy groups -OCH3 is 2. The number of nitrogens with one attached hydrogen (secondary N) is 2. The van der Waals surface area contributed by atoms with E-state index < -0.39 is 6.04 Å². The topological polar surface area (TPSA) is 115 Å². The van der Waals surface area contributed by atoms with Crippen molar-refractivity contribution in [3.05, 3.63) is 22.2 Å². The lowest BCUT2D eigenvalue weighted by Gasteiger charge is -2.24. The van der Waals surface area contributed by atoms with Crippen LogP contribution in [0.25, 0.3) is 0 Å². The van der Waals surface area contributed by atoms with Gasteiger partial charge in [0.25, 0.3) is 0 Å². The Hall–Kier alpha value is -2.29. The first-order valence-corrected chi connectivity index (χ1v) is 12.3. The molecule has 33 heavy (non-hydrogen) atoms. The van der Waals surface area contributed by atoms with Crippen LogP contribution in [-0.2, 0) is 16.0 Å². The molecule has 8 nitrogen and oxygen atoms in total. The van der Waals surface area contributed by atoms with Gasteiger partial charge in [-0.2, -0.15) is 0 Å². The molecule has 1 aromatic carbocycles. The summed E-state index contributed by atoms with van der Waals surface area (Å²) in [6.45, 7) is 4.66. The first-order chi connectivity index (χ1) is 15.7. The molecule has 2 amide bonds. The van der Waals surface area contributed by atoms with Crippen LogP contribution >= 0.6 is 15.9 Å². The number of ether oxygens (including phenoxy) is 2. The molecule has 0 aromatic heterocycles. The number of benzene rings is 1. The fourth-order valence-electron chi connectivity index (χ4n) is 3.97. The van der Waals surface area contributed by atoms with Gasteiger partial charge in [0.1, 0.15) is 6.04 Å². The van der Waals surface area contributed by atoms with Gasteiger partial charge in [0.2, 0.25) is 11.8 Å². The molecule has 0 aliphatic heterocycles. The van der Waals surface area contributed by atoms with Crippen LogP contribution in [-0.4, -0.2) is 44.6 Å².